The van der Waals surface area contributed by atoms with E-state index in [0.717, 1.165) is 11.1 Å². The van der Waals surface area contributed by atoms with Crippen molar-refractivity contribution in [2.45, 2.75) is 19.0 Å². The van der Waals surface area contributed by atoms with E-state index in [4.69, 9.17) is 11.6 Å². The molecule has 0 fully saturated rings. The predicted octanol–water partition coefficient (Wildman–Crippen LogP) is 3.58. The monoisotopic (exact) mass is 271 g/mol. The average Bonchev–Trinajstić information content (AvgIpc) is 2.90. The molecule has 0 saturated carbocycles. The molecule has 0 aromatic heterocycles. The topological polar surface area (TPSA) is 20.3 Å². The maximum absolute atomic E-state index is 12.4. The van der Waals surface area contributed by atoms with Crippen molar-refractivity contribution in [1.29, 1.82) is 0 Å². The van der Waals surface area contributed by atoms with Crippen LogP contribution in [-0.2, 0) is 19.0 Å². The molecule has 19 heavy (non-hydrogen) atoms. The summed E-state index contributed by atoms with van der Waals surface area (Å²) in [5.41, 5.74) is 4.24. The Labute approximate surface area is 117 Å². The first-order valence-electron chi connectivity index (χ1n) is 6.29. The molecule has 0 aliphatic carbocycles. The first-order valence-corrected chi connectivity index (χ1v) is 6.82. The number of halogens is 1. The number of hydrogen-bond acceptors (Lipinski definition) is 1. The van der Waals surface area contributed by atoms with E-state index < -0.39 is 0 Å². The van der Waals surface area contributed by atoms with Crippen LogP contribution in [0.5, 0.6) is 0 Å². The molecule has 96 valence electrons. The van der Waals surface area contributed by atoms with Crippen molar-refractivity contribution in [3.8, 4) is 0 Å². The molecule has 0 radical (unpaired) electrons. The molecule has 1 heterocycles. The molecular weight excluding hydrogens is 258 g/mol. The molecule has 0 unspecified atom stereocenters. The Morgan fingerprint density at radius 2 is 1.58 bits per heavy atom. The normalized spacial score (nSPS) is 13.4. The van der Waals surface area contributed by atoms with E-state index in [1.54, 1.807) is 0 Å². The van der Waals surface area contributed by atoms with Gasteiger partial charge in [-0.15, -0.1) is 11.6 Å². The largest absolute Gasteiger partial charge is 0.330 e. The molecule has 0 bridgehead atoms. The fraction of sp³-hybridized carbons (Fsp3) is 0.188. The minimum absolute atomic E-state index is 0.0809. The third-order valence-corrected chi connectivity index (χ3v) is 3.79. The summed E-state index contributed by atoms with van der Waals surface area (Å²) in [5, 5.41) is 0. The van der Waals surface area contributed by atoms with Crippen LogP contribution in [0.4, 0.5) is 0 Å². The third kappa shape index (κ3) is 2.36. The highest BCUT2D eigenvalue weighted by Gasteiger charge is 2.23. The molecule has 1 aliphatic heterocycles. The zero-order valence-corrected chi connectivity index (χ0v) is 11.2. The standard InChI is InChI=1S/C16H14ClNO/c17-9-12-5-7-13(8-6-12)16(19)18-10-14-3-1-2-4-15(14)11-18/h1-8H,9-11H2. The minimum Gasteiger partial charge on any atom is -0.330 e. The number of hydrogen-bond donors (Lipinski definition) is 0. The Hall–Kier alpha value is -1.80. The number of fused-ring (bicyclic) bond motifs is 1. The second-order valence-electron chi connectivity index (χ2n) is 4.76. The van der Waals surface area contributed by atoms with Crippen LogP contribution >= 0.6 is 11.6 Å². The van der Waals surface area contributed by atoms with Gasteiger partial charge in [-0.3, -0.25) is 4.79 Å². The molecule has 3 heteroatoms. The van der Waals surface area contributed by atoms with Gasteiger partial charge in [0.05, 0.1) is 0 Å². The van der Waals surface area contributed by atoms with Crippen LogP contribution < -0.4 is 0 Å². The summed E-state index contributed by atoms with van der Waals surface area (Å²) >= 11 is 5.75. The summed E-state index contributed by atoms with van der Waals surface area (Å²) < 4.78 is 0. The highest BCUT2D eigenvalue weighted by atomic mass is 35.5. The van der Waals surface area contributed by atoms with Gasteiger partial charge in [-0.05, 0) is 28.8 Å². The lowest BCUT2D eigenvalue weighted by atomic mass is 10.1. The lowest BCUT2D eigenvalue weighted by Crippen LogP contribution is -2.25. The van der Waals surface area contributed by atoms with Gasteiger partial charge in [-0.2, -0.15) is 0 Å². The Balaban J connectivity index is 1.79. The Kier molecular flexibility index (Phi) is 3.26. The zero-order valence-electron chi connectivity index (χ0n) is 10.5. The predicted molar refractivity (Wildman–Crippen MR) is 76.0 cm³/mol. The highest BCUT2D eigenvalue weighted by molar-refractivity contribution is 6.17. The van der Waals surface area contributed by atoms with Crippen molar-refractivity contribution >= 4 is 17.5 Å². The van der Waals surface area contributed by atoms with Crippen molar-refractivity contribution in [2.75, 3.05) is 0 Å². The van der Waals surface area contributed by atoms with Gasteiger partial charge >= 0.3 is 0 Å². The first kappa shape index (κ1) is 12.2. The molecule has 2 aromatic rings. The van der Waals surface area contributed by atoms with Crippen LogP contribution in [0.2, 0.25) is 0 Å². The summed E-state index contributed by atoms with van der Waals surface area (Å²) in [6.07, 6.45) is 0. The van der Waals surface area contributed by atoms with Crippen molar-refractivity contribution in [2.24, 2.45) is 0 Å². The van der Waals surface area contributed by atoms with Gasteiger partial charge in [-0.25, -0.2) is 0 Å². The zero-order chi connectivity index (χ0) is 13.2. The number of nitrogens with zero attached hydrogens (tertiary/aromatic N) is 1. The molecular formula is C16H14ClNO. The fourth-order valence-electron chi connectivity index (χ4n) is 2.40. The van der Waals surface area contributed by atoms with E-state index >= 15 is 0 Å². The van der Waals surface area contributed by atoms with Crippen LogP contribution in [-0.4, -0.2) is 10.8 Å². The Morgan fingerprint density at radius 3 is 2.11 bits per heavy atom. The van der Waals surface area contributed by atoms with Crippen LogP contribution in [0.15, 0.2) is 48.5 Å². The van der Waals surface area contributed by atoms with E-state index in [-0.39, 0.29) is 5.91 Å². The van der Waals surface area contributed by atoms with Crippen LogP contribution in [0.3, 0.4) is 0 Å². The third-order valence-electron chi connectivity index (χ3n) is 3.48. The molecule has 2 nitrogen and oxygen atoms in total. The lowest BCUT2D eigenvalue weighted by molar-refractivity contribution is 0.0751. The van der Waals surface area contributed by atoms with E-state index in [0.29, 0.717) is 19.0 Å². The SMILES string of the molecule is O=C(c1ccc(CCl)cc1)N1Cc2ccccc2C1. The lowest BCUT2D eigenvalue weighted by Gasteiger charge is -2.15. The number of rotatable bonds is 2. The van der Waals surface area contributed by atoms with E-state index in [2.05, 4.69) is 12.1 Å². The quantitative estimate of drug-likeness (QED) is 0.765. The van der Waals surface area contributed by atoms with Gasteiger partial charge in [0.2, 0.25) is 0 Å². The molecule has 1 aliphatic rings. The van der Waals surface area contributed by atoms with E-state index in [1.165, 1.54) is 11.1 Å². The Morgan fingerprint density at radius 1 is 1.00 bits per heavy atom. The smallest absolute Gasteiger partial charge is 0.254 e. The number of carbonyl (C=O) groups is 1. The fourth-order valence-corrected chi connectivity index (χ4v) is 2.57. The maximum atomic E-state index is 12.4. The van der Waals surface area contributed by atoms with Gasteiger partial charge in [0, 0.05) is 24.5 Å². The second kappa shape index (κ2) is 5.06. The maximum Gasteiger partial charge on any atom is 0.254 e. The highest BCUT2D eigenvalue weighted by Crippen LogP contribution is 2.24. The van der Waals surface area contributed by atoms with Crippen LogP contribution in [0.25, 0.3) is 0 Å². The molecule has 0 saturated heterocycles. The summed E-state index contributed by atoms with van der Waals surface area (Å²) in [6.45, 7) is 1.40. The van der Waals surface area contributed by atoms with Gasteiger partial charge in [0.15, 0.2) is 0 Å². The number of alkyl halides is 1. The second-order valence-corrected chi connectivity index (χ2v) is 5.03. The van der Waals surface area contributed by atoms with Crippen molar-refractivity contribution in [1.82, 2.24) is 4.90 Å². The van der Waals surface area contributed by atoms with Crippen LogP contribution in [0.1, 0.15) is 27.0 Å². The Bertz CT molecular complexity index is 581. The first-order chi connectivity index (χ1) is 9.28. The molecule has 0 spiro atoms. The van der Waals surface area contributed by atoms with Crippen LogP contribution in [0, 0.1) is 0 Å². The average molecular weight is 272 g/mol. The molecule has 0 atom stereocenters. The molecule has 3 rings (SSSR count). The van der Waals surface area contributed by atoms with E-state index in [9.17, 15) is 4.79 Å². The molecule has 1 amide bonds. The van der Waals surface area contributed by atoms with Crippen molar-refractivity contribution < 1.29 is 4.79 Å². The summed E-state index contributed by atoms with van der Waals surface area (Å²) in [5.74, 6) is 0.557. The number of amides is 1. The van der Waals surface area contributed by atoms with Gasteiger partial charge in [-0.1, -0.05) is 36.4 Å². The van der Waals surface area contributed by atoms with Gasteiger partial charge < -0.3 is 4.90 Å². The minimum atomic E-state index is 0.0809. The summed E-state index contributed by atoms with van der Waals surface area (Å²) in [6, 6.07) is 15.7. The summed E-state index contributed by atoms with van der Waals surface area (Å²) in [4.78, 5) is 14.3. The molecule has 2 aromatic carbocycles. The van der Waals surface area contributed by atoms with Crippen molar-refractivity contribution in [3.05, 3.63) is 70.8 Å². The summed E-state index contributed by atoms with van der Waals surface area (Å²) in [7, 11) is 0. The van der Waals surface area contributed by atoms with E-state index in [1.807, 2.05) is 41.3 Å². The van der Waals surface area contributed by atoms with Gasteiger partial charge in [0.25, 0.3) is 5.91 Å². The van der Waals surface area contributed by atoms with Gasteiger partial charge in [0.1, 0.15) is 0 Å². The number of carbonyl (C=O) groups excluding carboxylic acids is 1. The molecule has 0 N–H and O–H groups in total. The van der Waals surface area contributed by atoms with Crippen molar-refractivity contribution in [3.63, 3.8) is 0 Å². The number of benzene rings is 2.